The number of ether oxygens (including phenoxy) is 1. The fourth-order valence-electron chi connectivity index (χ4n) is 2.06. The van der Waals surface area contributed by atoms with E-state index in [1.807, 2.05) is 24.3 Å². The van der Waals surface area contributed by atoms with Gasteiger partial charge in [0.05, 0.1) is 19.6 Å². The van der Waals surface area contributed by atoms with Crippen molar-refractivity contribution in [3.05, 3.63) is 29.8 Å². The molecule has 6 heteroatoms. The number of hydrogen-bond acceptors (Lipinski definition) is 3. The van der Waals surface area contributed by atoms with Crippen molar-refractivity contribution in [2.24, 2.45) is 0 Å². The largest absolute Gasteiger partial charge is 0.497 e. The number of unbranched alkanes of at least 4 members (excludes halogenated alkanes) is 1. The zero-order valence-electron chi connectivity index (χ0n) is 13.1. The van der Waals surface area contributed by atoms with Crippen LogP contribution in [0.2, 0.25) is 0 Å². The maximum absolute atomic E-state index is 11.9. The predicted molar refractivity (Wildman–Crippen MR) is 84.0 cm³/mol. The molecule has 0 fully saturated rings. The molecule has 22 heavy (non-hydrogen) atoms. The summed E-state index contributed by atoms with van der Waals surface area (Å²) in [6, 6.07) is 7.12. The van der Waals surface area contributed by atoms with Gasteiger partial charge in [-0.15, -0.1) is 0 Å². The van der Waals surface area contributed by atoms with Crippen LogP contribution in [0, 0.1) is 0 Å². The summed E-state index contributed by atoms with van der Waals surface area (Å²) in [5.41, 5.74) is 1.00. The van der Waals surface area contributed by atoms with Gasteiger partial charge >= 0.3 is 12.0 Å². The lowest BCUT2D eigenvalue weighted by Crippen LogP contribution is -2.38. The standard InChI is InChI=1S/C16H24N2O4/c1-3-4-5-14(12-6-8-13(22-2)9-7-12)18-16(21)17-11-10-15(19)20/h6-9,14H,3-5,10-11H2,1-2H3,(H,19,20)(H2,17,18,21). The maximum atomic E-state index is 11.9. The van der Waals surface area contributed by atoms with E-state index in [2.05, 4.69) is 17.6 Å². The van der Waals surface area contributed by atoms with E-state index in [1.165, 1.54) is 0 Å². The molecule has 2 amide bonds. The lowest BCUT2D eigenvalue weighted by atomic mass is 10.0. The Balaban J connectivity index is 2.62. The van der Waals surface area contributed by atoms with E-state index in [0.717, 1.165) is 30.6 Å². The predicted octanol–water partition coefficient (Wildman–Crippen LogP) is 2.70. The highest BCUT2D eigenvalue weighted by atomic mass is 16.5. The number of hydrogen-bond donors (Lipinski definition) is 3. The average Bonchev–Trinajstić information content (AvgIpc) is 2.51. The minimum Gasteiger partial charge on any atom is -0.497 e. The third-order valence-corrected chi connectivity index (χ3v) is 3.29. The van der Waals surface area contributed by atoms with E-state index in [0.29, 0.717) is 0 Å². The van der Waals surface area contributed by atoms with Crippen molar-refractivity contribution in [3.63, 3.8) is 0 Å². The van der Waals surface area contributed by atoms with Crippen LogP contribution in [0.3, 0.4) is 0 Å². The van der Waals surface area contributed by atoms with Crippen LogP contribution in [-0.2, 0) is 4.79 Å². The Hall–Kier alpha value is -2.24. The van der Waals surface area contributed by atoms with Crippen molar-refractivity contribution >= 4 is 12.0 Å². The minimum absolute atomic E-state index is 0.0877. The minimum atomic E-state index is -0.932. The first-order valence-corrected chi connectivity index (χ1v) is 7.47. The molecule has 0 saturated carbocycles. The van der Waals surface area contributed by atoms with Crippen LogP contribution in [0.5, 0.6) is 5.75 Å². The third-order valence-electron chi connectivity index (χ3n) is 3.29. The first-order chi connectivity index (χ1) is 10.6. The summed E-state index contributed by atoms with van der Waals surface area (Å²) in [5.74, 6) is -0.165. The molecule has 0 saturated heterocycles. The van der Waals surface area contributed by atoms with Gasteiger partial charge in [0.2, 0.25) is 0 Å². The van der Waals surface area contributed by atoms with Gasteiger partial charge in [-0.3, -0.25) is 4.79 Å². The van der Waals surface area contributed by atoms with E-state index >= 15 is 0 Å². The number of nitrogens with one attached hydrogen (secondary N) is 2. The van der Waals surface area contributed by atoms with Crippen molar-refractivity contribution < 1.29 is 19.4 Å². The molecule has 0 heterocycles. The molecule has 0 aliphatic rings. The molecule has 1 unspecified atom stereocenters. The Morgan fingerprint density at radius 2 is 1.95 bits per heavy atom. The molecule has 0 spiro atoms. The van der Waals surface area contributed by atoms with E-state index in [-0.39, 0.29) is 25.0 Å². The first-order valence-electron chi connectivity index (χ1n) is 7.47. The second-order valence-corrected chi connectivity index (χ2v) is 5.01. The van der Waals surface area contributed by atoms with Gasteiger partial charge in [-0.05, 0) is 24.1 Å². The van der Waals surface area contributed by atoms with E-state index < -0.39 is 5.97 Å². The molecule has 3 N–H and O–H groups in total. The first kappa shape index (κ1) is 17.8. The Kier molecular flexibility index (Phi) is 7.81. The third kappa shape index (κ3) is 6.47. The zero-order valence-corrected chi connectivity index (χ0v) is 13.1. The zero-order chi connectivity index (χ0) is 16.4. The number of benzene rings is 1. The van der Waals surface area contributed by atoms with Gasteiger partial charge in [0.25, 0.3) is 0 Å². The number of amides is 2. The number of carboxylic acid groups (broad SMARTS) is 1. The van der Waals surface area contributed by atoms with Crippen LogP contribution in [-0.4, -0.2) is 30.8 Å². The monoisotopic (exact) mass is 308 g/mol. The second kappa shape index (κ2) is 9.65. The molecular formula is C16H24N2O4. The maximum Gasteiger partial charge on any atom is 0.315 e. The van der Waals surface area contributed by atoms with E-state index in [1.54, 1.807) is 7.11 Å². The van der Waals surface area contributed by atoms with Crippen LogP contribution in [0.1, 0.15) is 44.2 Å². The van der Waals surface area contributed by atoms with Crippen molar-refractivity contribution in [1.82, 2.24) is 10.6 Å². The molecule has 6 nitrogen and oxygen atoms in total. The van der Waals surface area contributed by atoms with Crippen molar-refractivity contribution in [2.45, 2.75) is 38.6 Å². The van der Waals surface area contributed by atoms with Gasteiger partial charge in [-0.1, -0.05) is 31.9 Å². The Morgan fingerprint density at radius 1 is 1.27 bits per heavy atom. The molecule has 0 aliphatic heterocycles. The SMILES string of the molecule is CCCCC(NC(=O)NCCC(=O)O)c1ccc(OC)cc1. The summed E-state index contributed by atoms with van der Waals surface area (Å²) in [4.78, 5) is 22.3. The molecule has 1 aromatic rings. The second-order valence-electron chi connectivity index (χ2n) is 5.01. The van der Waals surface area contributed by atoms with Crippen LogP contribution in [0.25, 0.3) is 0 Å². The Morgan fingerprint density at radius 3 is 2.50 bits per heavy atom. The van der Waals surface area contributed by atoms with Crippen molar-refractivity contribution in [2.75, 3.05) is 13.7 Å². The summed E-state index contributed by atoms with van der Waals surface area (Å²) >= 11 is 0. The normalized spacial score (nSPS) is 11.5. The van der Waals surface area contributed by atoms with Gasteiger partial charge in [0.1, 0.15) is 5.75 Å². The van der Waals surface area contributed by atoms with E-state index in [4.69, 9.17) is 9.84 Å². The topological polar surface area (TPSA) is 87.7 Å². The van der Waals surface area contributed by atoms with Crippen LogP contribution in [0.4, 0.5) is 4.79 Å². The van der Waals surface area contributed by atoms with E-state index in [9.17, 15) is 9.59 Å². The Labute approximate surface area is 130 Å². The lowest BCUT2D eigenvalue weighted by Gasteiger charge is -2.19. The van der Waals surface area contributed by atoms with Gasteiger partial charge in [0, 0.05) is 6.54 Å². The number of rotatable bonds is 9. The van der Waals surface area contributed by atoms with Crippen LogP contribution in [0.15, 0.2) is 24.3 Å². The molecule has 1 aromatic carbocycles. The van der Waals surface area contributed by atoms with Crippen molar-refractivity contribution in [3.8, 4) is 5.75 Å². The van der Waals surface area contributed by atoms with Gasteiger partial charge in [-0.25, -0.2) is 4.79 Å². The highest BCUT2D eigenvalue weighted by Gasteiger charge is 2.14. The quantitative estimate of drug-likeness (QED) is 0.654. The average molecular weight is 308 g/mol. The molecule has 0 radical (unpaired) electrons. The number of carbonyl (C=O) groups is 2. The number of methoxy groups -OCH3 is 1. The molecule has 1 rings (SSSR count). The number of urea groups is 1. The highest BCUT2D eigenvalue weighted by molar-refractivity contribution is 5.75. The van der Waals surface area contributed by atoms with Crippen LogP contribution >= 0.6 is 0 Å². The lowest BCUT2D eigenvalue weighted by molar-refractivity contribution is -0.136. The summed E-state index contributed by atoms with van der Waals surface area (Å²) in [6.45, 7) is 2.21. The highest BCUT2D eigenvalue weighted by Crippen LogP contribution is 2.22. The fraction of sp³-hybridized carbons (Fsp3) is 0.500. The molecular weight excluding hydrogens is 284 g/mol. The molecule has 0 aromatic heterocycles. The molecule has 0 aliphatic carbocycles. The number of aliphatic carboxylic acids is 1. The fourth-order valence-corrected chi connectivity index (χ4v) is 2.06. The molecule has 1 atom stereocenters. The smallest absolute Gasteiger partial charge is 0.315 e. The molecule has 0 bridgehead atoms. The summed E-state index contributed by atoms with van der Waals surface area (Å²) in [5, 5.41) is 14.0. The number of carbonyl (C=O) groups excluding carboxylic acids is 1. The summed E-state index contributed by atoms with van der Waals surface area (Å²) in [6.07, 6.45) is 2.77. The summed E-state index contributed by atoms with van der Waals surface area (Å²) < 4.78 is 5.13. The van der Waals surface area contributed by atoms with Crippen LogP contribution < -0.4 is 15.4 Å². The number of carboxylic acids is 1. The Bertz CT molecular complexity index is 474. The van der Waals surface area contributed by atoms with Crippen molar-refractivity contribution in [1.29, 1.82) is 0 Å². The van der Waals surface area contributed by atoms with Gasteiger partial charge in [0.15, 0.2) is 0 Å². The van der Waals surface area contributed by atoms with Gasteiger partial charge < -0.3 is 20.5 Å². The van der Waals surface area contributed by atoms with Gasteiger partial charge in [-0.2, -0.15) is 0 Å². The summed E-state index contributed by atoms with van der Waals surface area (Å²) in [7, 11) is 1.61. The molecule has 122 valence electrons.